The standard InChI is InChI=1S/C14H16F3N3O2/c1-9(21)19-11-4-5-12(14(15,16)17)20(8-11)13(22)10-3-2-6-18-7-10/h2-3,6-7,11-12H,4-5,8H2,1H3,(H,19,21)/t11-,12+/m0/s1. The fourth-order valence-corrected chi connectivity index (χ4v) is 2.60. The van der Waals surface area contributed by atoms with Crippen LogP contribution in [0.5, 0.6) is 0 Å². The van der Waals surface area contributed by atoms with Gasteiger partial charge in [-0.2, -0.15) is 13.2 Å². The van der Waals surface area contributed by atoms with Gasteiger partial charge in [0.25, 0.3) is 5.91 Å². The Morgan fingerprint density at radius 2 is 2.09 bits per heavy atom. The summed E-state index contributed by atoms with van der Waals surface area (Å²) in [4.78, 5) is 28.0. The van der Waals surface area contributed by atoms with Gasteiger partial charge in [-0.05, 0) is 25.0 Å². The molecule has 0 unspecified atom stereocenters. The quantitative estimate of drug-likeness (QED) is 0.904. The number of piperidine rings is 1. The van der Waals surface area contributed by atoms with E-state index in [9.17, 15) is 22.8 Å². The Balaban J connectivity index is 2.23. The third kappa shape index (κ3) is 3.75. The highest BCUT2D eigenvalue weighted by molar-refractivity contribution is 5.94. The number of amides is 2. The van der Waals surface area contributed by atoms with Crippen LogP contribution in [0.15, 0.2) is 24.5 Å². The summed E-state index contributed by atoms with van der Waals surface area (Å²) in [5.74, 6) is -1.06. The molecule has 1 N–H and O–H groups in total. The molecule has 8 heteroatoms. The van der Waals surface area contributed by atoms with Gasteiger partial charge in [0.15, 0.2) is 0 Å². The van der Waals surface area contributed by atoms with E-state index in [1.165, 1.54) is 31.5 Å². The van der Waals surface area contributed by atoms with Gasteiger partial charge < -0.3 is 10.2 Å². The third-order valence-corrected chi connectivity index (χ3v) is 3.54. The van der Waals surface area contributed by atoms with Crippen molar-refractivity contribution in [2.75, 3.05) is 6.54 Å². The maximum absolute atomic E-state index is 13.2. The van der Waals surface area contributed by atoms with Crippen molar-refractivity contribution in [2.45, 2.75) is 38.0 Å². The Bertz CT molecular complexity index is 548. The fourth-order valence-electron chi connectivity index (χ4n) is 2.60. The van der Waals surface area contributed by atoms with Crippen LogP contribution >= 0.6 is 0 Å². The Kier molecular flexibility index (Phi) is 4.68. The molecular formula is C14H16F3N3O2. The summed E-state index contributed by atoms with van der Waals surface area (Å²) >= 11 is 0. The summed E-state index contributed by atoms with van der Waals surface area (Å²) in [7, 11) is 0. The maximum Gasteiger partial charge on any atom is 0.408 e. The van der Waals surface area contributed by atoms with E-state index in [-0.39, 0.29) is 30.9 Å². The normalized spacial score (nSPS) is 22.3. The van der Waals surface area contributed by atoms with Crippen LogP contribution in [0.4, 0.5) is 13.2 Å². The molecule has 1 aliphatic heterocycles. The molecule has 0 saturated carbocycles. The van der Waals surface area contributed by atoms with E-state index in [4.69, 9.17) is 0 Å². The van der Waals surface area contributed by atoms with Gasteiger partial charge in [-0.3, -0.25) is 14.6 Å². The molecule has 2 amide bonds. The van der Waals surface area contributed by atoms with Crippen molar-refractivity contribution < 1.29 is 22.8 Å². The molecule has 0 aromatic carbocycles. The number of alkyl halides is 3. The Labute approximate surface area is 125 Å². The Morgan fingerprint density at radius 3 is 2.64 bits per heavy atom. The Hall–Kier alpha value is -2.12. The topological polar surface area (TPSA) is 62.3 Å². The molecular weight excluding hydrogens is 299 g/mol. The molecule has 1 aromatic rings. The first kappa shape index (κ1) is 16.3. The molecule has 0 radical (unpaired) electrons. The number of halogens is 3. The average molecular weight is 315 g/mol. The van der Waals surface area contributed by atoms with E-state index in [0.29, 0.717) is 0 Å². The van der Waals surface area contributed by atoms with Crippen LogP contribution in [0, 0.1) is 0 Å². The zero-order valence-corrected chi connectivity index (χ0v) is 11.9. The van der Waals surface area contributed by atoms with Gasteiger partial charge in [0.05, 0.1) is 5.56 Å². The second-order valence-electron chi connectivity index (χ2n) is 5.23. The van der Waals surface area contributed by atoms with Crippen LogP contribution in [-0.2, 0) is 4.79 Å². The summed E-state index contributed by atoms with van der Waals surface area (Å²) < 4.78 is 39.5. The van der Waals surface area contributed by atoms with Crippen molar-refractivity contribution in [1.29, 1.82) is 0 Å². The predicted octanol–water partition coefficient (Wildman–Crippen LogP) is 1.75. The molecule has 1 saturated heterocycles. The van der Waals surface area contributed by atoms with Crippen molar-refractivity contribution >= 4 is 11.8 Å². The summed E-state index contributed by atoms with van der Waals surface area (Å²) in [6.45, 7) is 1.13. The molecule has 0 bridgehead atoms. The van der Waals surface area contributed by atoms with Gasteiger partial charge in [-0.15, -0.1) is 0 Å². The number of carbonyl (C=O) groups is 2. The molecule has 5 nitrogen and oxygen atoms in total. The zero-order valence-electron chi connectivity index (χ0n) is 11.9. The second kappa shape index (κ2) is 6.33. The van der Waals surface area contributed by atoms with Gasteiger partial charge in [0.1, 0.15) is 6.04 Å². The van der Waals surface area contributed by atoms with Crippen molar-refractivity contribution in [3.8, 4) is 0 Å². The zero-order chi connectivity index (χ0) is 16.3. The van der Waals surface area contributed by atoms with Gasteiger partial charge >= 0.3 is 6.18 Å². The van der Waals surface area contributed by atoms with Crippen molar-refractivity contribution in [1.82, 2.24) is 15.2 Å². The highest BCUT2D eigenvalue weighted by Gasteiger charge is 2.48. The lowest BCUT2D eigenvalue weighted by Gasteiger charge is -2.40. The van der Waals surface area contributed by atoms with Gasteiger partial charge in [-0.25, -0.2) is 0 Å². The number of pyridine rings is 1. The molecule has 120 valence electrons. The van der Waals surface area contributed by atoms with E-state index in [1.807, 2.05) is 0 Å². The van der Waals surface area contributed by atoms with Crippen LogP contribution < -0.4 is 5.32 Å². The monoisotopic (exact) mass is 315 g/mol. The highest BCUT2D eigenvalue weighted by Crippen LogP contribution is 2.32. The minimum atomic E-state index is -4.50. The van der Waals surface area contributed by atoms with E-state index >= 15 is 0 Å². The summed E-state index contributed by atoms with van der Waals surface area (Å²) in [5.41, 5.74) is 0.0974. The van der Waals surface area contributed by atoms with Crippen LogP contribution in [-0.4, -0.2) is 46.5 Å². The van der Waals surface area contributed by atoms with E-state index in [1.54, 1.807) is 0 Å². The smallest absolute Gasteiger partial charge is 0.352 e. The van der Waals surface area contributed by atoms with Crippen LogP contribution in [0.2, 0.25) is 0 Å². The molecule has 22 heavy (non-hydrogen) atoms. The van der Waals surface area contributed by atoms with Crippen molar-refractivity contribution in [3.05, 3.63) is 30.1 Å². The largest absolute Gasteiger partial charge is 0.408 e. The number of hydrogen-bond acceptors (Lipinski definition) is 3. The van der Waals surface area contributed by atoms with Gasteiger partial charge in [0, 0.05) is 31.9 Å². The number of nitrogens with one attached hydrogen (secondary N) is 1. The molecule has 0 spiro atoms. The van der Waals surface area contributed by atoms with Crippen LogP contribution in [0.3, 0.4) is 0 Å². The molecule has 2 heterocycles. The first-order valence-electron chi connectivity index (χ1n) is 6.84. The summed E-state index contributed by atoms with van der Waals surface area (Å²) in [5, 5.41) is 2.57. The molecule has 2 rings (SSSR count). The lowest BCUT2D eigenvalue weighted by molar-refractivity contribution is -0.184. The first-order valence-corrected chi connectivity index (χ1v) is 6.84. The lowest BCUT2D eigenvalue weighted by Crippen LogP contribution is -2.58. The molecule has 1 aromatic heterocycles. The number of likely N-dealkylation sites (tertiary alicyclic amines) is 1. The van der Waals surface area contributed by atoms with E-state index < -0.39 is 24.2 Å². The number of hydrogen-bond donors (Lipinski definition) is 1. The minimum absolute atomic E-state index is 0.0974. The molecule has 1 aliphatic rings. The van der Waals surface area contributed by atoms with Gasteiger partial charge in [-0.1, -0.05) is 0 Å². The molecule has 0 aliphatic carbocycles. The maximum atomic E-state index is 13.2. The number of carbonyl (C=O) groups excluding carboxylic acids is 2. The first-order chi connectivity index (χ1) is 10.3. The minimum Gasteiger partial charge on any atom is -0.352 e. The Morgan fingerprint density at radius 1 is 1.36 bits per heavy atom. The van der Waals surface area contributed by atoms with Crippen LogP contribution in [0.25, 0.3) is 0 Å². The van der Waals surface area contributed by atoms with Crippen molar-refractivity contribution in [3.63, 3.8) is 0 Å². The van der Waals surface area contributed by atoms with Crippen molar-refractivity contribution in [2.24, 2.45) is 0 Å². The molecule has 1 fully saturated rings. The highest BCUT2D eigenvalue weighted by atomic mass is 19.4. The third-order valence-electron chi connectivity index (χ3n) is 3.54. The fraction of sp³-hybridized carbons (Fsp3) is 0.500. The molecule has 2 atom stereocenters. The lowest BCUT2D eigenvalue weighted by atomic mass is 9.96. The summed E-state index contributed by atoms with van der Waals surface area (Å²) in [6.07, 6.45) is -1.88. The summed E-state index contributed by atoms with van der Waals surface area (Å²) in [6, 6.07) is 0.595. The second-order valence-corrected chi connectivity index (χ2v) is 5.23. The predicted molar refractivity (Wildman–Crippen MR) is 72.0 cm³/mol. The van der Waals surface area contributed by atoms with Crippen LogP contribution in [0.1, 0.15) is 30.1 Å². The number of rotatable bonds is 2. The number of aromatic nitrogens is 1. The van der Waals surface area contributed by atoms with E-state index in [0.717, 1.165) is 4.90 Å². The number of nitrogens with zero attached hydrogens (tertiary/aromatic N) is 2. The van der Waals surface area contributed by atoms with E-state index in [2.05, 4.69) is 10.3 Å². The average Bonchev–Trinajstić information content (AvgIpc) is 2.45. The van der Waals surface area contributed by atoms with Gasteiger partial charge in [0.2, 0.25) is 5.91 Å². The SMILES string of the molecule is CC(=O)N[C@H]1CC[C@H](C(F)(F)F)N(C(=O)c2cccnc2)C1.